The number of terminal acetylenes is 1. The molecule has 0 amide bonds. The lowest BCUT2D eigenvalue weighted by Crippen LogP contribution is -2.39. The van der Waals surface area contributed by atoms with Crippen molar-refractivity contribution >= 4 is 5.97 Å². The highest BCUT2D eigenvalue weighted by Gasteiger charge is 2.17. The molecular weight excluding hydrogens is 190 g/mol. The predicted molar refractivity (Wildman–Crippen MR) is 61.4 cm³/mol. The van der Waals surface area contributed by atoms with Crippen molar-refractivity contribution in [3.63, 3.8) is 0 Å². The number of rotatable bonds is 4. The van der Waals surface area contributed by atoms with Crippen LogP contribution < -0.4 is 5.32 Å². The molecular formula is C12H21NO2. The lowest BCUT2D eigenvalue weighted by molar-refractivity contribution is -0.154. The van der Waals surface area contributed by atoms with Gasteiger partial charge in [-0.2, -0.15) is 0 Å². The monoisotopic (exact) mass is 211 g/mol. The van der Waals surface area contributed by atoms with Crippen molar-refractivity contribution in [2.45, 2.75) is 52.2 Å². The minimum Gasteiger partial charge on any atom is -0.460 e. The average molecular weight is 211 g/mol. The van der Waals surface area contributed by atoms with Gasteiger partial charge in [0.05, 0.1) is 12.0 Å². The van der Waals surface area contributed by atoms with E-state index < -0.39 is 5.60 Å². The van der Waals surface area contributed by atoms with Crippen LogP contribution in [-0.2, 0) is 9.53 Å². The third kappa shape index (κ3) is 8.02. The smallest absolute Gasteiger partial charge is 0.307 e. The van der Waals surface area contributed by atoms with Gasteiger partial charge in [-0.3, -0.25) is 4.79 Å². The fourth-order valence-corrected chi connectivity index (χ4v) is 0.921. The number of carbonyl (C=O) groups is 1. The molecule has 0 fully saturated rings. The maximum absolute atomic E-state index is 11.3. The molecule has 0 atom stereocenters. The molecule has 1 N–H and O–H groups in total. The third-order valence-electron chi connectivity index (χ3n) is 1.68. The molecule has 0 spiro atoms. The van der Waals surface area contributed by atoms with E-state index >= 15 is 0 Å². The summed E-state index contributed by atoms with van der Waals surface area (Å²) in [6.07, 6.45) is 5.63. The maximum Gasteiger partial charge on any atom is 0.307 e. The molecule has 0 aliphatic rings. The first kappa shape index (κ1) is 14.0. The second kappa shape index (κ2) is 5.18. The summed E-state index contributed by atoms with van der Waals surface area (Å²) in [4.78, 5) is 11.3. The summed E-state index contributed by atoms with van der Waals surface area (Å²) in [6.45, 7) is 9.87. The van der Waals surface area contributed by atoms with Gasteiger partial charge in [-0.05, 0) is 34.6 Å². The lowest BCUT2D eigenvalue weighted by Gasteiger charge is -2.21. The number of nitrogens with one attached hydrogen (secondary N) is 1. The number of hydrogen-bond acceptors (Lipinski definition) is 3. The van der Waals surface area contributed by atoms with Gasteiger partial charge in [0, 0.05) is 6.54 Å². The molecule has 0 aliphatic carbocycles. The van der Waals surface area contributed by atoms with Crippen LogP contribution in [-0.4, -0.2) is 23.7 Å². The SMILES string of the molecule is C#CC(C)(C)NCCC(=O)OC(C)(C)C. The van der Waals surface area contributed by atoms with Crippen molar-refractivity contribution < 1.29 is 9.53 Å². The molecule has 0 aromatic heterocycles. The Morgan fingerprint density at radius 3 is 2.27 bits per heavy atom. The number of carbonyl (C=O) groups excluding carboxylic acids is 1. The third-order valence-corrected chi connectivity index (χ3v) is 1.68. The largest absolute Gasteiger partial charge is 0.460 e. The maximum atomic E-state index is 11.3. The highest BCUT2D eigenvalue weighted by Crippen LogP contribution is 2.08. The molecule has 0 radical (unpaired) electrons. The number of esters is 1. The van der Waals surface area contributed by atoms with Gasteiger partial charge >= 0.3 is 5.97 Å². The first-order valence-corrected chi connectivity index (χ1v) is 5.11. The average Bonchev–Trinajstić information content (AvgIpc) is 2.00. The summed E-state index contributed by atoms with van der Waals surface area (Å²) in [6, 6.07) is 0. The zero-order valence-corrected chi connectivity index (χ0v) is 10.3. The Bertz CT molecular complexity index is 256. The fourth-order valence-electron chi connectivity index (χ4n) is 0.921. The molecule has 0 aromatic rings. The second-order valence-electron chi connectivity index (χ2n) is 5.03. The minimum atomic E-state index is -0.418. The molecule has 0 saturated carbocycles. The van der Waals surface area contributed by atoms with E-state index in [4.69, 9.17) is 11.2 Å². The van der Waals surface area contributed by atoms with Crippen LogP contribution in [0.25, 0.3) is 0 Å². The van der Waals surface area contributed by atoms with Crippen LogP contribution in [0.5, 0.6) is 0 Å². The van der Waals surface area contributed by atoms with Gasteiger partial charge in [-0.25, -0.2) is 0 Å². The number of hydrogen-bond donors (Lipinski definition) is 1. The summed E-state index contributed by atoms with van der Waals surface area (Å²) < 4.78 is 5.16. The van der Waals surface area contributed by atoms with Gasteiger partial charge < -0.3 is 10.1 Å². The highest BCUT2D eigenvalue weighted by molar-refractivity contribution is 5.70. The van der Waals surface area contributed by atoms with Gasteiger partial charge in [-0.1, -0.05) is 5.92 Å². The van der Waals surface area contributed by atoms with Crippen molar-refractivity contribution in [1.29, 1.82) is 0 Å². The van der Waals surface area contributed by atoms with Crippen LogP contribution in [0.4, 0.5) is 0 Å². The van der Waals surface area contributed by atoms with E-state index in [9.17, 15) is 4.79 Å². The van der Waals surface area contributed by atoms with Crippen molar-refractivity contribution in [3.8, 4) is 12.3 Å². The Balaban J connectivity index is 3.80. The molecule has 0 aromatic carbocycles. The summed E-state index contributed by atoms with van der Waals surface area (Å²) in [7, 11) is 0. The molecule has 0 saturated heterocycles. The van der Waals surface area contributed by atoms with Crippen LogP contribution in [0.3, 0.4) is 0 Å². The van der Waals surface area contributed by atoms with Crippen LogP contribution in [0.2, 0.25) is 0 Å². The standard InChI is InChI=1S/C12H21NO2/c1-7-12(5,6)13-9-8-10(14)15-11(2,3)4/h1,13H,8-9H2,2-6H3. The van der Waals surface area contributed by atoms with Crippen molar-refractivity contribution in [2.75, 3.05) is 6.54 Å². The zero-order chi connectivity index (χ0) is 12.1. The van der Waals surface area contributed by atoms with E-state index in [-0.39, 0.29) is 11.5 Å². The summed E-state index contributed by atoms with van der Waals surface area (Å²) in [5.74, 6) is 2.39. The summed E-state index contributed by atoms with van der Waals surface area (Å²) in [5.41, 5.74) is -0.791. The Kier molecular flexibility index (Phi) is 4.83. The van der Waals surface area contributed by atoms with E-state index in [0.29, 0.717) is 13.0 Å². The van der Waals surface area contributed by atoms with Gasteiger partial charge in [0.2, 0.25) is 0 Å². The van der Waals surface area contributed by atoms with Crippen molar-refractivity contribution in [1.82, 2.24) is 5.32 Å². The molecule has 0 unspecified atom stereocenters. The van der Waals surface area contributed by atoms with E-state index in [1.165, 1.54) is 0 Å². The molecule has 3 nitrogen and oxygen atoms in total. The fraction of sp³-hybridized carbons (Fsp3) is 0.750. The van der Waals surface area contributed by atoms with Crippen molar-refractivity contribution in [2.24, 2.45) is 0 Å². The van der Waals surface area contributed by atoms with Gasteiger partial charge in [0.15, 0.2) is 0 Å². The van der Waals surface area contributed by atoms with E-state index in [0.717, 1.165) is 0 Å². The van der Waals surface area contributed by atoms with Crippen LogP contribution in [0, 0.1) is 12.3 Å². The first-order valence-electron chi connectivity index (χ1n) is 5.11. The van der Waals surface area contributed by atoms with Crippen LogP contribution in [0.1, 0.15) is 41.0 Å². The number of ether oxygens (including phenoxy) is 1. The Labute approximate surface area is 92.6 Å². The van der Waals surface area contributed by atoms with Crippen LogP contribution in [0.15, 0.2) is 0 Å². The Morgan fingerprint density at radius 2 is 1.87 bits per heavy atom. The summed E-state index contributed by atoms with van der Waals surface area (Å²) in [5, 5.41) is 3.09. The molecule has 86 valence electrons. The quantitative estimate of drug-likeness (QED) is 0.568. The lowest BCUT2D eigenvalue weighted by atomic mass is 10.1. The highest BCUT2D eigenvalue weighted by atomic mass is 16.6. The molecule has 0 aliphatic heterocycles. The van der Waals surface area contributed by atoms with Gasteiger partial charge in [0.25, 0.3) is 0 Å². The predicted octanol–water partition coefficient (Wildman–Crippen LogP) is 1.72. The Morgan fingerprint density at radius 1 is 1.33 bits per heavy atom. The minimum absolute atomic E-state index is 0.206. The first-order chi connectivity index (χ1) is 6.66. The molecule has 3 heteroatoms. The second-order valence-corrected chi connectivity index (χ2v) is 5.03. The van der Waals surface area contributed by atoms with Crippen LogP contribution >= 0.6 is 0 Å². The normalized spacial score (nSPS) is 12.0. The molecule has 0 rings (SSSR count). The van der Waals surface area contributed by atoms with Gasteiger partial charge in [0.1, 0.15) is 5.60 Å². The topological polar surface area (TPSA) is 38.3 Å². The van der Waals surface area contributed by atoms with Gasteiger partial charge in [-0.15, -0.1) is 6.42 Å². The van der Waals surface area contributed by atoms with E-state index in [1.807, 2.05) is 34.6 Å². The van der Waals surface area contributed by atoms with E-state index in [2.05, 4.69) is 11.2 Å². The molecule has 15 heavy (non-hydrogen) atoms. The summed E-state index contributed by atoms with van der Waals surface area (Å²) >= 11 is 0. The molecule has 0 bridgehead atoms. The molecule has 0 heterocycles. The zero-order valence-electron chi connectivity index (χ0n) is 10.3. The van der Waals surface area contributed by atoms with E-state index in [1.54, 1.807) is 0 Å². The Hall–Kier alpha value is -1.01. The van der Waals surface area contributed by atoms with Crippen molar-refractivity contribution in [3.05, 3.63) is 0 Å².